The van der Waals surface area contributed by atoms with Crippen molar-refractivity contribution in [3.63, 3.8) is 0 Å². The molecule has 0 saturated heterocycles. The van der Waals surface area contributed by atoms with Crippen molar-refractivity contribution in [1.29, 1.82) is 0 Å². The molecule has 0 aliphatic rings. The summed E-state index contributed by atoms with van der Waals surface area (Å²) in [5.41, 5.74) is 3.34. The van der Waals surface area contributed by atoms with E-state index in [2.05, 4.69) is 22.4 Å². The van der Waals surface area contributed by atoms with Crippen LogP contribution in [0.2, 0.25) is 0 Å². The second-order valence-corrected chi connectivity index (χ2v) is 7.09. The predicted octanol–water partition coefficient (Wildman–Crippen LogP) is 3.62. The molecule has 2 amide bonds. The first-order valence-corrected chi connectivity index (χ1v) is 9.80. The largest absolute Gasteiger partial charge is 0.496 e. The molecule has 3 rings (SSSR count). The molecule has 2 aromatic carbocycles. The van der Waals surface area contributed by atoms with Gasteiger partial charge in [0, 0.05) is 37.8 Å². The molecule has 0 saturated carbocycles. The van der Waals surface area contributed by atoms with E-state index < -0.39 is 0 Å². The first-order valence-electron chi connectivity index (χ1n) is 9.80. The molecule has 0 spiro atoms. The number of amides is 2. The molecule has 2 N–H and O–H groups in total. The van der Waals surface area contributed by atoms with Gasteiger partial charge in [-0.05, 0) is 36.1 Å². The fourth-order valence-electron chi connectivity index (χ4n) is 3.57. The normalized spacial score (nSPS) is 12.0. The third-order valence-corrected chi connectivity index (χ3v) is 5.18. The highest BCUT2D eigenvalue weighted by Gasteiger charge is 2.20. The number of carbonyl (C=O) groups excluding carboxylic acids is 1. The molecule has 3 aromatic rings. The molecule has 154 valence electrons. The van der Waals surface area contributed by atoms with Gasteiger partial charge < -0.3 is 24.7 Å². The lowest BCUT2D eigenvalue weighted by Crippen LogP contribution is -2.47. The summed E-state index contributed by atoms with van der Waals surface area (Å²) in [6.45, 7) is 1.03. The molecule has 6 nitrogen and oxygen atoms in total. The van der Waals surface area contributed by atoms with Crippen LogP contribution in [0, 0.1) is 0 Å². The summed E-state index contributed by atoms with van der Waals surface area (Å²) in [4.78, 5) is 17.7. The number of likely N-dealkylation sites (N-methyl/N-ethyl adjacent to an activating group) is 1. The highest BCUT2D eigenvalue weighted by atomic mass is 16.5. The van der Waals surface area contributed by atoms with Crippen LogP contribution in [-0.2, 0) is 17.6 Å². The third kappa shape index (κ3) is 5.09. The molecular formula is C23H29N3O3. The van der Waals surface area contributed by atoms with Crippen LogP contribution in [0.15, 0.2) is 54.7 Å². The maximum atomic E-state index is 12.7. The zero-order valence-electron chi connectivity index (χ0n) is 17.3. The SMILES string of the molecule is COCC(Cc1ccccc1)N(C)C(=O)NCCc1c[nH]c2cccc(OC)c12. The summed E-state index contributed by atoms with van der Waals surface area (Å²) >= 11 is 0. The van der Waals surface area contributed by atoms with Crippen LogP contribution in [0.25, 0.3) is 10.9 Å². The van der Waals surface area contributed by atoms with Crippen molar-refractivity contribution in [2.75, 3.05) is 34.4 Å². The number of carbonyl (C=O) groups is 1. The molecule has 1 aromatic heterocycles. The van der Waals surface area contributed by atoms with E-state index in [4.69, 9.17) is 9.47 Å². The summed E-state index contributed by atoms with van der Waals surface area (Å²) < 4.78 is 10.8. The van der Waals surface area contributed by atoms with Gasteiger partial charge in [-0.1, -0.05) is 36.4 Å². The summed E-state index contributed by atoms with van der Waals surface area (Å²) in [7, 11) is 5.15. The topological polar surface area (TPSA) is 66.6 Å². The number of benzene rings is 2. The van der Waals surface area contributed by atoms with Gasteiger partial charge in [-0.25, -0.2) is 4.79 Å². The lowest BCUT2D eigenvalue weighted by Gasteiger charge is -2.28. The van der Waals surface area contributed by atoms with Gasteiger partial charge in [-0.3, -0.25) is 0 Å². The van der Waals surface area contributed by atoms with Gasteiger partial charge in [0.2, 0.25) is 0 Å². The van der Waals surface area contributed by atoms with E-state index >= 15 is 0 Å². The van der Waals surface area contributed by atoms with Crippen molar-refractivity contribution in [2.24, 2.45) is 0 Å². The number of hydrogen-bond donors (Lipinski definition) is 2. The van der Waals surface area contributed by atoms with E-state index in [1.807, 2.05) is 49.6 Å². The number of fused-ring (bicyclic) bond motifs is 1. The lowest BCUT2D eigenvalue weighted by molar-refractivity contribution is 0.115. The second kappa shape index (κ2) is 9.98. The van der Waals surface area contributed by atoms with E-state index in [-0.39, 0.29) is 12.1 Å². The minimum atomic E-state index is -0.102. The fourth-order valence-corrected chi connectivity index (χ4v) is 3.57. The fraction of sp³-hybridized carbons (Fsp3) is 0.348. The Morgan fingerprint density at radius 1 is 1.14 bits per heavy atom. The average Bonchev–Trinajstić information content (AvgIpc) is 3.17. The summed E-state index contributed by atoms with van der Waals surface area (Å²) in [6.07, 6.45) is 3.44. The molecule has 0 radical (unpaired) electrons. The molecule has 0 fully saturated rings. The Kier molecular flexibility index (Phi) is 7.14. The van der Waals surface area contributed by atoms with Crippen LogP contribution in [0.4, 0.5) is 4.79 Å². The average molecular weight is 396 g/mol. The molecule has 0 bridgehead atoms. The Morgan fingerprint density at radius 3 is 2.66 bits per heavy atom. The maximum absolute atomic E-state index is 12.7. The van der Waals surface area contributed by atoms with E-state index in [9.17, 15) is 4.79 Å². The number of nitrogens with zero attached hydrogens (tertiary/aromatic N) is 1. The predicted molar refractivity (Wildman–Crippen MR) is 116 cm³/mol. The van der Waals surface area contributed by atoms with Gasteiger partial charge in [0.05, 0.1) is 19.8 Å². The standard InChI is InChI=1S/C23H29N3O3/c1-26(19(16-28-2)14-17-8-5-4-6-9-17)23(27)24-13-12-18-15-25-20-10-7-11-21(29-3)22(18)20/h4-11,15,19,25H,12-14,16H2,1-3H3,(H,24,27). The Labute approximate surface area is 171 Å². The van der Waals surface area contributed by atoms with Gasteiger partial charge in [-0.2, -0.15) is 0 Å². The summed E-state index contributed by atoms with van der Waals surface area (Å²) in [6, 6.07) is 15.9. The zero-order chi connectivity index (χ0) is 20.6. The number of methoxy groups -OCH3 is 2. The quantitative estimate of drug-likeness (QED) is 0.582. The van der Waals surface area contributed by atoms with E-state index in [1.165, 1.54) is 5.56 Å². The number of hydrogen-bond acceptors (Lipinski definition) is 3. The van der Waals surface area contributed by atoms with E-state index in [1.54, 1.807) is 19.1 Å². The number of H-pyrrole nitrogens is 1. The molecule has 0 aliphatic carbocycles. The Hall–Kier alpha value is -2.99. The molecule has 1 heterocycles. The number of aromatic nitrogens is 1. The Morgan fingerprint density at radius 2 is 1.93 bits per heavy atom. The number of aromatic amines is 1. The van der Waals surface area contributed by atoms with Crippen molar-refractivity contribution >= 4 is 16.9 Å². The number of ether oxygens (including phenoxy) is 2. The van der Waals surface area contributed by atoms with Gasteiger partial charge in [0.15, 0.2) is 0 Å². The molecule has 1 unspecified atom stereocenters. The smallest absolute Gasteiger partial charge is 0.317 e. The minimum Gasteiger partial charge on any atom is -0.496 e. The maximum Gasteiger partial charge on any atom is 0.317 e. The lowest BCUT2D eigenvalue weighted by atomic mass is 10.1. The first-order chi connectivity index (χ1) is 14.1. The van der Waals surface area contributed by atoms with Crippen molar-refractivity contribution in [3.05, 3.63) is 65.9 Å². The van der Waals surface area contributed by atoms with Crippen LogP contribution in [0.5, 0.6) is 5.75 Å². The van der Waals surface area contributed by atoms with E-state index in [0.717, 1.165) is 28.6 Å². The van der Waals surface area contributed by atoms with Crippen LogP contribution in [0.1, 0.15) is 11.1 Å². The second-order valence-electron chi connectivity index (χ2n) is 7.09. The molecule has 6 heteroatoms. The Bertz CT molecular complexity index is 924. The van der Waals surface area contributed by atoms with Crippen LogP contribution in [0.3, 0.4) is 0 Å². The molecule has 1 atom stereocenters. The summed E-state index contributed by atoms with van der Waals surface area (Å²) in [5, 5.41) is 4.09. The van der Waals surface area contributed by atoms with Crippen molar-refractivity contribution in [3.8, 4) is 5.75 Å². The number of urea groups is 1. The zero-order valence-corrected chi connectivity index (χ0v) is 17.3. The first kappa shape index (κ1) is 20.7. The highest BCUT2D eigenvalue weighted by Crippen LogP contribution is 2.28. The Balaban J connectivity index is 1.59. The van der Waals surface area contributed by atoms with Gasteiger partial charge >= 0.3 is 6.03 Å². The molecule has 0 aliphatic heterocycles. The monoisotopic (exact) mass is 395 g/mol. The third-order valence-electron chi connectivity index (χ3n) is 5.18. The van der Waals surface area contributed by atoms with Crippen LogP contribution in [-0.4, -0.2) is 56.4 Å². The van der Waals surface area contributed by atoms with Crippen molar-refractivity contribution in [2.45, 2.75) is 18.9 Å². The minimum absolute atomic E-state index is 0.0319. The number of nitrogens with one attached hydrogen (secondary N) is 2. The summed E-state index contributed by atoms with van der Waals surface area (Å²) in [5.74, 6) is 0.838. The number of rotatable bonds is 9. The highest BCUT2D eigenvalue weighted by molar-refractivity contribution is 5.89. The van der Waals surface area contributed by atoms with E-state index in [0.29, 0.717) is 19.6 Å². The van der Waals surface area contributed by atoms with Crippen molar-refractivity contribution in [1.82, 2.24) is 15.2 Å². The van der Waals surface area contributed by atoms with Crippen LogP contribution < -0.4 is 10.1 Å². The van der Waals surface area contributed by atoms with Crippen LogP contribution >= 0.6 is 0 Å². The van der Waals surface area contributed by atoms with Gasteiger partial charge in [0.1, 0.15) is 5.75 Å². The molecular weight excluding hydrogens is 366 g/mol. The van der Waals surface area contributed by atoms with Crippen molar-refractivity contribution < 1.29 is 14.3 Å². The molecule has 29 heavy (non-hydrogen) atoms. The van der Waals surface area contributed by atoms with Gasteiger partial charge in [-0.15, -0.1) is 0 Å². The van der Waals surface area contributed by atoms with Gasteiger partial charge in [0.25, 0.3) is 0 Å².